The van der Waals surface area contributed by atoms with Crippen LogP contribution in [0.2, 0.25) is 0 Å². The zero-order valence-electron chi connectivity index (χ0n) is 8.75. The van der Waals surface area contributed by atoms with Crippen LogP contribution in [0.5, 0.6) is 0 Å². The van der Waals surface area contributed by atoms with Gasteiger partial charge in [-0.25, -0.2) is 4.79 Å². The van der Waals surface area contributed by atoms with E-state index in [0.717, 1.165) is 0 Å². The van der Waals surface area contributed by atoms with E-state index >= 15 is 0 Å². The first-order chi connectivity index (χ1) is 7.65. The van der Waals surface area contributed by atoms with Crippen molar-refractivity contribution in [1.82, 2.24) is 0 Å². The van der Waals surface area contributed by atoms with Crippen LogP contribution < -0.4 is 0 Å². The molecule has 0 amide bonds. The number of carbonyl (C=O) groups is 1. The van der Waals surface area contributed by atoms with Crippen LogP contribution in [0, 0.1) is 10.1 Å². The van der Waals surface area contributed by atoms with Gasteiger partial charge in [-0.15, -0.1) is 0 Å². The maximum absolute atomic E-state index is 10.8. The van der Waals surface area contributed by atoms with Crippen molar-refractivity contribution < 1.29 is 14.5 Å². The topological polar surface area (TPSA) is 69.4 Å². The third-order valence-electron chi connectivity index (χ3n) is 1.98. The molecule has 0 aliphatic carbocycles. The summed E-state index contributed by atoms with van der Waals surface area (Å²) < 4.78 is 4.41. The van der Waals surface area contributed by atoms with E-state index in [2.05, 4.69) is 4.74 Å². The van der Waals surface area contributed by atoms with Gasteiger partial charge in [0.1, 0.15) is 0 Å². The number of hydrogen-bond donors (Lipinski definition) is 0. The number of para-hydroxylation sites is 1. The average Bonchev–Trinajstić information content (AvgIpc) is 2.29. The van der Waals surface area contributed by atoms with Gasteiger partial charge in [-0.1, -0.05) is 24.3 Å². The Hall–Kier alpha value is -2.17. The molecule has 84 valence electrons. The molecule has 0 unspecified atom stereocenters. The molecule has 16 heavy (non-hydrogen) atoms. The molecule has 0 bridgehead atoms. The number of carbonyl (C=O) groups excluding carboxylic acids is 1. The van der Waals surface area contributed by atoms with E-state index in [1.165, 1.54) is 25.3 Å². The number of nitro groups is 1. The Morgan fingerprint density at radius 1 is 1.50 bits per heavy atom. The largest absolute Gasteiger partial charge is 0.466 e. The minimum Gasteiger partial charge on any atom is -0.466 e. The monoisotopic (exact) mass is 221 g/mol. The maximum Gasteiger partial charge on any atom is 0.330 e. The van der Waals surface area contributed by atoms with E-state index in [1.807, 2.05) is 0 Å². The fourth-order valence-electron chi connectivity index (χ4n) is 1.21. The zero-order valence-corrected chi connectivity index (χ0v) is 8.75. The first-order valence-corrected chi connectivity index (χ1v) is 4.62. The smallest absolute Gasteiger partial charge is 0.330 e. The lowest BCUT2D eigenvalue weighted by molar-refractivity contribution is -0.385. The van der Waals surface area contributed by atoms with Gasteiger partial charge < -0.3 is 4.74 Å². The van der Waals surface area contributed by atoms with Crippen molar-refractivity contribution in [2.75, 3.05) is 7.11 Å². The van der Waals surface area contributed by atoms with Gasteiger partial charge in [0, 0.05) is 17.7 Å². The standard InChI is InChI=1S/C11H11NO4/c1-16-11(13)8-4-6-9-5-2-3-7-10(9)12(14)15/h2-5,7-8H,6H2,1H3/b8-4-. The van der Waals surface area contributed by atoms with E-state index < -0.39 is 10.9 Å². The Morgan fingerprint density at radius 3 is 2.81 bits per heavy atom. The summed E-state index contributed by atoms with van der Waals surface area (Å²) in [6.07, 6.45) is 3.11. The van der Waals surface area contributed by atoms with Gasteiger partial charge in [0.15, 0.2) is 0 Å². The summed E-state index contributed by atoms with van der Waals surface area (Å²) in [4.78, 5) is 21.0. The van der Waals surface area contributed by atoms with Gasteiger partial charge in [-0.05, 0) is 6.42 Å². The summed E-state index contributed by atoms with van der Waals surface area (Å²) in [6, 6.07) is 6.40. The van der Waals surface area contributed by atoms with Crippen molar-refractivity contribution in [3.8, 4) is 0 Å². The Morgan fingerprint density at radius 2 is 2.19 bits per heavy atom. The van der Waals surface area contributed by atoms with Crippen LogP contribution in [0.15, 0.2) is 36.4 Å². The summed E-state index contributed by atoms with van der Waals surface area (Å²) in [6.45, 7) is 0. The van der Waals surface area contributed by atoms with Gasteiger partial charge in [0.25, 0.3) is 5.69 Å². The number of nitrogens with zero attached hydrogens (tertiary/aromatic N) is 1. The Labute approximate surface area is 92.5 Å². The van der Waals surface area contributed by atoms with Crippen LogP contribution >= 0.6 is 0 Å². The average molecular weight is 221 g/mol. The maximum atomic E-state index is 10.8. The fraction of sp³-hybridized carbons (Fsp3) is 0.182. The summed E-state index contributed by atoms with van der Waals surface area (Å²) >= 11 is 0. The van der Waals surface area contributed by atoms with Crippen molar-refractivity contribution in [3.63, 3.8) is 0 Å². The molecule has 0 saturated carbocycles. The molecule has 0 saturated heterocycles. The number of hydrogen-bond acceptors (Lipinski definition) is 4. The molecule has 5 nitrogen and oxygen atoms in total. The summed E-state index contributed by atoms with van der Waals surface area (Å²) in [5.74, 6) is -0.474. The third-order valence-corrected chi connectivity index (χ3v) is 1.98. The predicted molar refractivity (Wildman–Crippen MR) is 58.0 cm³/mol. The fourth-order valence-corrected chi connectivity index (χ4v) is 1.21. The summed E-state index contributed by atoms with van der Waals surface area (Å²) in [5.41, 5.74) is 0.615. The Bertz CT molecular complexity index is 426. The molecule has 0 heterocycles. The highest BCUT2D eigenvalue weighted by Crippen LogP contribution is 2.18. The highest BCUT2D eigenvalue weighted by molar-refractivity contribution is 5.81. The third kappa shape index (κ3) is 3.20. The number of nitro benzene ring substituents is 1. The van der Waals surface area contributed by atoms with Crippen LogP contribution in [-0.4, -0.2) is 18.0 Å². The highest BCUT2D eigenvalue weighted by atomic mass is 16.6. The number of benzene rings is 1. The number of methoxy groups -OCH3 is 1. The molecule has 0 aromatic heterocycles. The first-order valence-electron chi connectivity index (χ1n) is 4.62. The van der Waals surface area contributed by atoms with Crippen molar-refractivity contribution in [1.29, 1.82) is 0 Å². The minimum atomic E-state index is -0.474. The molecule has 0 atom stereocenters. The van der Waals surface area contributed by atoms with E-state index in [4.69, 9.17) is 0 Å². The molecule has 5 heteroatoms. The quantitative estimate of drug-likeness (QED) is 0.337. The lowest BCUT2D eigenvalue weighted by Crippen LogP contribution is -1.96. The lowest BCUT2D eigenvalue weighted by Gasteiger charge is -1.98. The molecule has 1 aromatic carbocycles. The Balaban J connectivity index is 2.77. The van der Waals surface area contributed by atoms with Crippen molar-refractivity contribution in [3.05, 3.63) is 52.1 Å². The molecular formula is C11H11NO4. The van der Waals surface area contributed by atoms with Crippen molar-refractivity contribution >= 4 is 11.7 Å². The van der Waals surface area contributed by atoms with E-state index in [0.29, 0.717) is 12.0 Å². The second kappa shape index (κ2) is 5.65. The normalized spacial score (nSPS) is 10.3. The minimum absolute atomic E-state index is 0.0528. The number of allylic oxidation sites excluding steroid dienone is 1. The Kier molecular flexibility index (Phi) is 4.20. The molecule has 1 rings (SSSR count). The lowest BCUT2D eigenvalue weighted by atomic mass is 10.1. The van der Waals surface area contributed by atoms with E-state index in [1.54, 1.807) is 18.2 Å². The highest BCUT2D eigenvalue weighted by Gasteiger charge is 2.10. The second-order valence-electron chi connectivity index (χ2n) is 3.02. The van der Waals surface area contributed by atoms with Gasteiger partial charge in [-0.3, -0.25) is 10.1 Å². The summed E-state index contributed by atoms with van der Waals surface area (Å²) in [5, 5.41) is 10.7. The first kappa shape index (κ1) is 11.9. The van der Waals surface area contributed by atoms with Gasteiger partial charge in [0.2, 0.25) is 0 Å². The number of rotatable bonds is 4. The molecule has 0 aliphatic rings. The molecule has 1 aromatic rings. The van der Waals surface area contributed by atoms with E-state index in [-0.39, 0.29) is 5.69 Å². The van der Waals surface area contributed by atoms with E-state index in [9.17, 15) is 14.9 Å². The van der Waals surface area contributed by atoms with Gasteiger partial charge >= 0.3 is 5.97 Å². The van der Waals surface area contributed by atoms with Gasteiger partial charge in [-0.2, -0.15) is 0 Å². The van der Waals surface area contributed by atoms with Gasteiger partial charge in [0.05, 0.1) is 12.0 Å². The van der Waals surface area contributed by atoms with Crippen molar-refractivity contribution in [2.24, 2.45) is 0 Å². The van der Waals surface area contributed by atoms with Crippen LogP contribution in [0.3, 0.4) is 0 Å². The molecule has 0 spiro atoms. The van der Waals surface area contributed by atoms with Crippen LogP contribution in [-0.2, 0) is 16.0 Å². The number of esters is 1. The summed E-state index contributed by atoms with van der Waals surface area (Å²) in [7, 11) is 1.28. The van der Waals surface area contributed by atoms with Crippen LogP contribution in [0.25, 0.3) is 0 Å². The molecular weight excluding hydrogens is 210 g/mol. The predicted octanol–water partition coefficient (Wildman–Crippen LogP) is 1.87. The second-order valence-corrected chi connectivity index (χ2v) is 3.02. The van der Waals surface area contributed by atoms with Crippen LogP contribution in [0.1, 0.15) is 5.56 Å². The molecule has 0 fully saturated rings. The molecule has 0 N–H and O–H groups in total. The van der Waals surface area contributed by atoms with Crippen molar-refractivity contribution in [2.45, 2.75) is 6.42 Å². The molecule has 0 aliphatic heterocycles. The van der Waals surface area contributed by atoms with Crippen LogP contribution in [0.4, 0.5) is 5.69 Å². The molecule has 0 radical (unpaired) electrons. The SMILES string of the molecule is COC(=O)/C=C\Cc1ccccc1[N+](=O)[O-]. The zero-order chi connectivity index (χ0) is 12.0. The number of ether oxygens (including phenoxy) is 1.